The van der Waals surface area contributed by atoms with E-state index >= 15 is 0 Å². The lowest BCUT2D eigenvalue weighted by atomic mass is 9.63. The Morgan fingerprint density at radius 3 is 1.84 bits per heavy atom. The van der Waals surface area contributed by atoms with Gasteiger partial charge in [0.05, 0.1) is 11.3 Å². The molecule has 0 fully saturated rings. The van der Waals surface area contributed by atoms with E-state index in [0.717, 1.165) is 24.0 Å². The molecule has 0 heterocycles. The summed E-state index contributed by atoms with van der Waals surface area (Å²) in [7, 11) is 0. The zero-order valence-corrected chi connectivity index (χ0v) is 18.4. The first-order chi connectivity index (χ1) is 14.9. The summed E-state index contributed by atoms with van der Waals surface area (Å²) in [5.41, 5.74) is 2.45. The first-order valence-corrected chi connectivity index (χ1v) is 10.4. The van der Waals surface area contributed by atoms with E-state index in [1.54, 1.807) is 12.1 Å². The summed E-state index contributed by atoms with van der Waals surface area (Å²) in [4.78, 5) is 49.7. The Morgan fingerprint density at radius 1 is 0.844 bits per heavy atom. The Kier molecular flexibility index (Phi) is 4.88. The fraction of sp³-hybridized carbons (Fsp3) is 0.320. The maximum absolute atomic E-state index is 13.2. The van der Waals surface area contributed by atoms with Gasteiger partial charge in [-0.25, -0.2) is 4.79 Å². The van der Waals surface area contributed by atoms with E-state index in [4.69, 9.17) is 5.11 Å². The summed E-state index contributed by atoms with van der Waals surface area (Å²) in [6.45, 7) is 8.45. The summed E-state index contributed by atoms with van der Waals surface area (Å²) in [6.07, 6.45) is 1.89. The monoisotopic (exact) mass is 432 g/mol. The van der Waals surface area contributed by atoms with E-state index in [0.29, 0.717) is 5.69 Å². The average Bonchev–Trinajstić information content (AvgIpc) is 2.75. The van der Waals surface area contributed by atoms with Crippen LogP contribution in [0.1, 0.15) is 62.0 Å². The van der Waals surface area contributed by atoms with Crippen molar-refractivity contribution in [1.29, 1.82) is 0 Å². The third kappa shape index (κ3) is 3.43. The number of benzene rings is 3. The lowest BCUT2D eigenvalue weighted by Crippen LogP contribution is -2.48. The molecule has 0 spiro atoms. The van der Waals surface area contributed by atoms with Crippen molar-refractivity contribution in [1.82, 2.24) is 0 Å². The number of nitrogens with zero attached hydrogens (tertiary/aromatic N) is 1. The SMILES string of the molecule is CC1(C)CCC(C)(C)c2cc3c(=O)/c(=N/Nc4ccc(C(=O)O)cc4)c(=O)c(=O)c3cc21. The van der Waals surface area contributed by atoms with Crippen LogP contribution < -0.4 is 27.1 Å². The van der Waals surface area contributed by atoms with Crippen molar-refractivity contribution in [3.8, 4) is 0 Å². The van der Waals surface area contributed by atoms with Crippen molar-refractivity contribution in [2.75, 3.05) is 5.43 Å². The molecule has 2 N–H and O–H groups in total. The van der Waals surface area contributed by atoms with Gasteiger partial charge >= 0.3 is 5.97 Å². The van der Waals surface area contributed by atoms with E-state index in [2.05, 4.69) is 38.2 Å². The number of carboxylic acid groups (broad SMARTS) is 1. The van der Waals surface area contributed by atoms with Crippen molar-refractivity contribution in [3.63, 3.8) is 0 Å². The number of anilines is 1. The number of carboxylic acids is 1. The number of carbonyl (C=O) groups is 1. The fourth-order valence-electron chi connectivity index (χ4n) is 4.36. The van der Waals surface area contributed by atoms with Crippen LogP contribution >= 0.6 is 0 Å². The minimum absolute atomic E-state index is 0.0902. The Labute approximate surface area is 183 Å². The number of fused-ring (bicyclic) bond motifs is 2. The minimum atomic E-state index is -1.07. The first kappa shape index (κ1) is 21.6. The van der Waals surface area contributed by atoms with E-state index in [-0.39, 0.29) is 27.2 Å². The van der Waals surface area contributed by atoms with Crippen LogP contribution in [0.25, 0.3) is 10.8 Å². The number of hydrogen-bond acceptors (Lipinski definition) is 6. The van der Waals surface area contributed by atoms with Crippen molar-refractivity contribution in [2.24, 2.45) is 5.10 Å². The Hall–Kier alpha value is -3.61. The van der Waals surface area contributed by atoms with Crippen molar-refractivity contribution < 1.29 is 9.90 Å². The minimum Gasteiger partial charge on any atom is -0.478 e. The van der Waals surface area contributed by atoms with Gasteiger partial charge < -0.3 is 5.11 Å². The maximum Gasteiger partial charge on any atom is 0.335 e. The van der Waals surface area contributed by atoms with Gasteiger partial charge in [0.2, 0.25) is 10.9 Å². The standard InChI is InChI=1S/C25H24N2O5/c1-24(2)9-10-25(3,4)18-12-16-15(11-17(18)24)20(28)19(22(30)21(16)29)27-26-14-7-5-13(6-8-14)23(31)32/h5-8,11-12,26H,9-10H2,1-4H3,(H,31,32)/b27-19-. The molecule has 0 saturated heterocycles. The third-order valence-corrected chi connectivity index (χ3v) is 6.55. The van der Waals surface area contributed by atoms with Crippen molar-refractivity contribution >= 4 is 22.4 Å². The second kappa shape index (κ2) is 7.22. The molecule has 32 heavy (non-hydrogen) atoms. The van der Waals surface area contributed by atoms with E-state index < -0.39 is 27.6 Å². The van der Waals surface area contributed by atoms with Crippen LogP contribution in [0.4, 0.5) is 5.69 Å². The van der Waals surface area contributed by atoms with Crippen LogP contribution in [0, 0.1) is 0 Å². The van der Waals surface area contributed by atoms with Crippen LogP contribution in [-0.4, -0.2) is 11.1 Å². The van der Waals surface area contributed by atoms with Gasteiger partial charge in [-0.05, 0) is 71.2 Å². The van der Waals surface area contributed by atoms with Gasteiger partial charge in [-0.1, -0.05) is 27.7 Å². The van der Waals surface area contributed by atoms with Gasteiger partial charge in [-0.2, -0.15) is 5.10 Å². The molecule has 0 radical (unpaired) electrons. The molecule has 0 amide bonds. The second-order valence-corrected chi connectivity index (χ2v) is 9.65. The van der Waals surface area contributed by atoms with E-state index in [1.165, 1.54) is 24.3 Å². The first-order valence-electron chi connectivity index (χ1n) is 10.4. The molecule has 3 aromatic carbocycles. The maximum atomic E-state index is 13.2. The fourth-order valence-corrected chi connectivity index (χ4v) is 4.36. The van der Waals surface area contributed by atoms with Gasteiger partial charge in [0.25, 0.3) is 5.43 Å². The summed E-state index contributed by atoms with van der Waals surface area (Å²) < 4.78 is 0. The molecule has 7 heteroatoms. The quantitative estimate of drug-likeness (QED) is 0.486. The highest BCUT2D eigenvalue weighted by atomic mass is 16.4. The third-order valence-electron chi connectivity index (χ3n) is 6.55. The van der Waals surface area contributed by atoms with Crippen LogP contribution in [-0.2, 0) is 10.8 Å². The summed E-state index contributed by atoms with van der Waals surface area (Å²) in [5.74, 6) is -1.07. The van der Waals surface area contributed by atoms with E-state index in [9.17, 15) is 19.2 Å². The number of nitrogens with one attached hydrogen (secondary N) is 1. The Bertz CT molecular complexity index is 1470. The summed E-state index contributed by atoms with van der Waals surface area (Å²) >= 11 is 0. The molecule has 0 saturated carbocycles. The highest BCUT2D eigenvalue weighted by Crippen LogP contribution is 2.46. The molecule has 0 unspecified atom stereocenters. The highest BCUT2D eigenvalue weighted by Gasteiger charge is 2.37. The number of aromatic carboxylic acids is 1. The molecule has 3 aromatic rings. The molecule has 1 aliphatic rings. The smallest absolute Gasteiger partial charge is 0.335 e. The van der Waals surface area contributed by atoms with E-state index in [1.807, 2.05) is 0 Å². The van der Waals surface area contributed by atoms with Gasteiger partial charge in [0.1, 0.15) is 0 Å². The van der Waals surface area contributed by atoms with Gasteiger partial charge in [-0.3, -0.25) is 19.8 Å². The lowest BCUT2D eigenvalue weighted by molar-refractivity contribution is 0.0697. The average molecular weight is 432 g/mol. The molecule has 0 aromatic heterocycles. The molecule has 4 rings (SSSR count). The van der Waals surface area contributed by atoms with Crippen molar-refractivity contribution in [3.05, 3.63) is 89.1 Å². The zero-order chi connectivity index (χ0) is 23.4. The molecule has 0 bridgehead atoms. The van der Waals surface area contributed by atoms with Crippen LogP contribution in [0.3, 0.4) is 0 Å². The summed E-state index contributed by atoms with van der Waals surface area (Å²) in [5, 5.41) is 12.7. The van der Waals surface area contributed by atoms with Crippen LogP contribution in [0.5, 0.6) is 0 Å². The molecule has 7 nitrogen and oxygen atoms in total. The molecule has 1 aliphatic carbocycles. The number of rotatable bonds is 3. The molecule has 0 aliphatic heterocycles. The molecule has 164 valence electrons. The van der Waals surface area contributed by atoms with Gasteiger partial charge in [-0.15, -0.1) is 0 Å². The molecular formula is C25H24N2O5. The lowest BCUT2D eigenvalue weighted by Gasteiger charge is -2.41. The van der Waals surface area contributed by atoms with Gasteiger partial charge in [0.15, 0.2) is 5.36 Å². The van der Waals surface area contributed by atoms with Crippen LogP contribution in [0.15, 0.2) is 55.9 Å². The van der Waals surface area contributed by atoms with Gasteiger partial charge in [0, 0.05) is 10.8 Å². The predicted molar refractivity (Wildman–Crippen MR) is 123 cm³/mol. The molecular weight excluding hydrogens is 408 g/mol. The second-order valence-electron chi connectivity index (χ2n) is 9.65. The normalized spacial score (nSPS) is 17.2. The van der Waals surface area contributed by atoms with Crippen LogP contribution in [0.2, 0.25) is 0 Å². The Morgan fingerprint density at radius 2 is 1.34 bits per heavy atom. The highest BCUT2D eigenvalue weighted by molar-refractivity contribution is 5.88. The largest absolute Gasteiger partial charge is 0.478 e. The van der Waals surface area contributed by atoms with Crippen molar-refractivity contribution in [2.45, 2.75) is 51.4 Å². The molecule has 0 atom stereocenters. The Balaban J connectivity index is 1.92. The number of hydrogen-bond donors (Lipinski definition) is 2. The topological polar surface area (TPSA) is 113 Å². The summed E-state index contributed by atoms with van der Waals surface area (Å²) in [6, 6.07) is 9.13. The zero-order valence-electron chi connectivity index (χ0n) is 18.4. The predicted octanol–water partition coefficient (Wildman–Crippen LogP) is 2.77.